The van der Waals surface area contributed by atoms with Gasteiger partial charge in [-0.1, -0.05) is 18.2 Å². The van der Waals surface area contributed by atoms with Crippen molar-refractivity contribution in [3.8, 4) is 11.5 Å². The van der Waals surface area contributed by atoms with Crippen molar-refractivity contribution in [1.29, 1.82) is 0 Å². The van der Waals surface area contributed by atoms with Crippen LogP contribution in [0.2, 0.25) is 0 Å². The molecule has 4 rings (SSSR count). The third-order valence-electron chi connectivity index (χ3n) is 6.12. The van der Waals surface area contributed by atoms with E-state index in [9.17, 15) is 14.7 Å². The first-order valence-corrected chi connectivity index (χ1v) is 11.5. The zero-order chi connectivity index (χ0) is 25.3. The molecule has 0 spiro atoms. The number of methoxy groups -OCH3 is 1. The lowest BCUT2D eigenvalue weighted by molar-refractivity contribution is -0.132. The van der Waals surface area contributed by atoms with E-state index in [0.29, 0.717) is 28.3 Å². The van der Waals surface area contributed by atoms with Gasteiger partial charge in [0.2, 0.25) is 0 Å². The van der Waals surface area contributed by atoms with Gasteiger partial charge in [-0.15, -0.1) is 0 Å². The Kier molecular flexibility index (Phi) is 6.65. The molecule has 0 aliphatic carbocycles. The average Bonchev–Trinajstić information content (AvgIpc) is 3.11. The molecule has 1 N–H and O–H groups in total. The molecule has 0 radical (unpaired) electrons. The topological polar surface area (TPSA) is 76.1 Å². The van der Waals surface area contributed by atoms with Gasteiger partial charge in [-0.2, -0.15) is 0 Å². The summed E-state index contributed by atoms with van der Waals surface area (Å²) in [4.78, 5) is 28.1. The van der Waals surface area contributed by atoms with Gasteiger partial charge in [0.25, 0.3) is 11.7 Å². The maximum Gasteiger partial charge on any atom is 0.300 e. The molecule has 6 heteroatoms. The molecule has 3 aromatic carbocycles. The standard InChI is InChI=1S/C29H29NO5/c1-17(2)35-23-13-10-20(11-14-23)27(31)25-26(21-7-6-8-24(16-21)34-5)30(29(33)28(25)32)22-12-9-18(3)19(4)15-22/h6-17,26,31H,1-5H3/b27-25+. The van der Waals surface area contributed by atoms with Gasteiger partial charge in [-0.05, 0) is 92.9 Å². The van der Waals surface area contributed by atoms with Crippen molar-refractivity contribution in [3.63, 3.8) is 0 Å². The molecule has 0 bridgehead atoms. The van der Waals surface area contributed by atoms with Crippen LogP contribution in [0.15, 0.2) is 72.3 Å². The number of ether oxygens (including phenoxy) is 2. The number of Topliss-reactive ketones (excluding diaryl/α,β-unsaturated/α-hetero) is 1. The molecule has 35 heavy (non-hydrogen) atoms. The minimum Gasteiger partial charge on any atom is -0.507 e. The first-order chi connectivity index (χ1) is 16.7. The van der Waals surface area contributed by atoms with Crippen LogP contribution in [-0.4, -0.2) is 30.0 Å². The Hall–Kier alpha value is -4.06. The lowest BCUT2D eigenvalue weighted by Gasteiger charge is -2.26. The maximum absolute atomic E-state index is 13.3. The second-order valence-electron chi connectivity index (χ2n) is 8.91. The number of carbonyl (C=O) groups excluding carboxylic acids is 2. The number of hydrogen-bond donors (Lipinski definition) is 1. The van der Waals surface area contributed by atoms with E-state index in [1.54, 1.807) is 49.6 Å². The molecular weight excluding hydrogens is 442 g/mol. The van der Waals surface area contributed by atoms with Crippen molar-refractivity contribution < 1.29 is 24.2 Å². The third kappa shape index (κ3) is 4.64. The van der Waals surface area contributed by atoms with Crippen molar-refractivity contribution in [2.75, 3.05) is 12.0 Å². The third-order valence-corrected chi connectivity index (χ3v) is 6.12. The molecule has 1 atom stereocenters. The summed E-state index contributed by atoms with van der Waals surface area (Å²) in [6, 6.07) is 18.8. The predicted molar refractivity (Wildman–Crippen MR) is 136 cm³/mol. The van der Waals surface area contributed by atoms with Crippen molar-refractivity contribution >= 4 is 23.1 Å². The summed E-state index contributed by atoms with van der Waals surface area (Å²) in [5, 5.41) is 11.3. The monoisotopic (exact) mass is 471 g/mol. The van der Waals surface area contributed by atoms with Gasteiger partial charge in [0.05, 0.1) is 24.8 Å². The van der Waals surface area contributed by atoms with Gasteiger partial charge in [-0.25, -0.2) is 0 Å². The van der Waals surface area contributed by atoms with E-state index >= 15 is 0 Å². The summed E-state index contributed by atoms with van der Waals surface area (Å²) in [5.41, 5.74) is 3.76. The van der Waals surface area contributed by atoms with Crippen molar-refractivity contribution in [3.05, 3.63) is 94.6 Å². The highest BCUT2D eigenvalue weighted by Gasteiger charge is 2.47. The van der Waals surface area contributed by atoms with Crippen LogP contribution in [0.5, 0.6) is 11.5 Å². The highest BCUT2D eigenvalue weighted by molar-refractivity contribution is 6.51. The Morgan fingerprint density at radius 2 is 1.63 bits per heavy atom. The summed E-state index contributed by atoms with van der Waals surface area (Å²) in [7, 11) is 1.56. The molecular formula is C29H29NO5. The minimum absolute atomic E-state index is 0.00537. The van der Waals surface area contributed by atoms with Crippen molar-refractivity contribution in [2.24, 2.45) is 0 Å². The molecule has 1 aliphatic heterocycles. The van der Waals surface area contributed by atoms with E-state index in [-0.39, 0.29) is 17.4 Å². The van der Waals surface area contributed by atoms with E-state index in [1.807, 2.05) is 52.0 Å². The van der Waals surface area contributed by atoms with Crippen LogP contribution >= 0.6 is 0 Å². The molecule has 1 unspecified atom stereocenters. The maximum atomic E-state index is 13.3. The lowest BCUT2D eigenvalue weighted by Crippen LogP contribution is -2.29. The summed E-state index contributed by atoms with van der Waals surface area (Å²) < 4.78 is 11.1. The van der Waals surface area contributed by atoms with E-state index in [4.69, 9.17) is 9.47 Å². The van der Waals surface area contributed by atoms with Crippen molar-refractivity contribution in [1.82, 2.24) is 0 Å². The number of nitrogens with zero attached hydrogens (tertiary/aromatic N) is 1. The second-order valence-corrected chi connectivity index (χ2v) is 8.91. The van der Waals surface area contributed by atoms with Gasteiger partial charge < -0.3 is 14.6 Å². The number of hydrogen-bond acceptors (Lipinski definition) is 5. The average molecular weight is 472 g/mol. The van der Waals surface area contributed by atoms with E-state index < -0.39 is 17.7 Å². The number of amides is 1. The largest absolute Gasteiger partial charge is 0.507 e. The zero-order valence-corrected chi connectivity index (χ0v) is 20.5. The first kappa shape index (κ1) is 24.1. The highest BCUT2D eigenvalue weighted by Crippen LogP contribution is 2.43. The number of aryl methyl sites for hydroxylation is 2. The lowest BCUT2D eigenvalue weighted by atomic mass is 9.94. The molecule has 1 fully saturated rings. The fraction of sp³-hybridized carbons (Fsp3) is 0.241. The van der Waals surface area contributed by atoms with Crippen LogP contribution in [0, 0.1) is 13.8 Å². The Labute approximate surface area is 205 Å². The number of carbonyl (C=O) groups is 2. The Morgan fingerprint density at radius 3 is 2.26 bits per heavy atom. The predicted octanol–water partition coefficient (Wildman–Crippen LogP) is 5.73. The highest BCUT2D eigenvalue weighted by atomic mass is 16.5. The Bertz CT molecular complexity index is 1310. The van der Waals surface area contributed by atoms with Crippen LogP contribution in [0.4, 0.5) is 5.69 Å². The molecule has 180 valence electrons. The fourth-order valence-corrected chi connectivity index (χ4v) is 4.22. The quantitative estimate of drug-likeness (QED) is 0.282. The van der Waals surface area contributed by atoms with E-state index in [2.05, 4.69) is 0 Å². The molecule has 1 amide bonds. The van der Waals surface area contributed by atoms with Crippen LogP contribution < -0.4 is 14.4 Å². The number of anilines is 1. The normalized spacial score (nSPS) is 17.2. The smallest absolute Gasteiger partial charge is 0.300 e. The van der Waals surface area contributed by atoms with Gasteiger partial charge >= 0.3 is 0 Å². The summed E-state index contributed by atoms with van der Waals surface area (Å²) in [6.45, 7) is 7.79. The van der Waals surface area contributed by atoms with Gasteiger partial charge in [0.1, 0.15) is 17.3 Å². The number of benzene rings is 3. The van der Waals surface area contributed by atoms with Crippen LogP contribution in [0.1, 0.15) is 42.1 Å². The number of aliphatic hydroxyl groups is 1. The molecule has 0 saturated carbocycles. The molecule has 1 aliphatic rings. The van der Waals surface area contributed by atoms with Crippen molar-refractivity contribution in [2.45, 2.75) is 39.8 Å². The fourth-order valence-electron chi connectivity index (χ4n) is 4.22. The first-order valence-electron chi connectivity index (χ1n) is 11.5. The second kappa shape index (κ2) is 9.66. The molecule has 3 aromatic rings. The Morgan fingerprint density at radius 1 is 0.914 bits per heavy atom. The van der Waals surface area contributed by atoms with Crippen LogP contribution in [0.3, 0.4) is 0 Å². The van der Waals surface area contributed by atoms with Gasteiger partial charge in [0, 0.05) is 11.3 Å². The summed E-state index contributed by atoms with van der Waals surface area (Å²) >= 11 is 0. The van der Waals surface area contributed by atoms with Crippen LogP contribution in [-0.2, 0) is 9.59 Å². The van der Waals surface area contributed by atoms with Gasteiger partial charge in [-0.3, -0.25) is 14.5 Å². The number of rotatable bonds is 6. The van der Waals surface area contributed by atoms with E-state index in [1.165, 1.54) is 4.90 Å². The summed E-state index contributed by atoms with van der Waals surface area (Å²) in [5.74, 6) is -0.433. The molecule has 1 heterocycles. The number of aliphatic hydroxyl groups excluding tert-OH is 1. The SMILES string of the molecule is COc1cccc(C2/C(=C(\O)c3ccc(OC(C)C)cc3)C(=O)C(=O)N2c2ccc(C)c(C)c2)c1. The molecule has 0 aromatic heterocycles. The van der Waals surface area contributed by atoms with E-state index in [0.717, 1.165) is 11.1 Å². The minimum atomic E-state index is -0.821. The summed E-state index contributed by atoms with van der Waals surface area (Å²) in [6.07, 6.45) is 0.00537. The van der Waals surface area contributed by atoms with Gasteiger partial charge in [0.15, 0.2) is 0 Å². The zero-order valence-electron chi connectivity index (χ0n) is 20.5. The Balaban J connectivity index is 1.89. The molecule has 6 nitrogen and oxygen atoms in total. The molecule has 1 saturated heterocycles. The number of ketones is 1. The van der Waals surface area contributed by atoms with Crippen LogP contribution in [0.25, 0.3) is 5.76 Å².